The summed E-state index contributed by atoms with van der Waals surface area (Å²) in [5.41, 5.74) is 15.0. The molecule has 16 aromatic rings. The van der Waals surface area contributed by atoms with Crippen LogP contribution in [-0.2, 0) is 16.0 Å². The Morgan fingerprint density at radius 3 is 1.16 bits per heavy atom. The second-order valence-electron chi connectivity index (χ2n) is 28.2. The van der Waals surface area contributed by atoms with Crippen molar-refractivity contribution in [3.05, 3.63) is 291 Å². The molecule has 9 heterocycles. The maximum Gasteiger partial charge on any atom is 0.274 e. The molecule has 14 N–H and O–H groups in total. The average Bonchev–Trinajstić information content (AvgIpc) is 1.27. The summed E-state index contributed by atoms with van der Waals surface area (Å²) in [6.45, 7) is 7.13. The molecular formula is C88H87N23O10. The first-order chi connectivity index (χ1) is 59.2. The Balaban J connectivity index is 0.000000149. The van der Waals surface area contributed by atoms with E-state index in [4.69, 9.17) is 30.6 Å². The van der Waals surface area contributed by atoms with E-state index in [1.165, 1.54) is 24.3 Å². The number of anilines is 5. The molecular weight excluding hydrogens is 1540 g/mol. The van der Waals surface area contributed by atoms with Crippen molar-refractivity contribution in [1.82, 2.24) is 89.9 Å². The van der Waals surface area contributed by atoms with Gasteiger partial charge in [0.2, 0.25) is 11.8 Å². The Kier molecular flexibility index (Phi) is 26.3. The van der Waals surface area contributed by atoms with Crippen LogP contribution >= 0.6 is 0 Å². The number of hydrogen-bond acceptors (Lipinski definition) is 24. The predicted octanol–water partition coefficient (Wildman–Crippen LogP) is 13.4. The zero-order valence-electron chi connectivity index (χ0n) is 66.1. The third-order valence-corrected chi connectivity index (χ3v) is 20.5. The number of aromatic nitrogens is 15. The van der Waals surface area contributed by atoms with Crippen molar-refractivity contribution >= 4 is 118 Å². The van der Waals surface area contributed by atoms with Gasteiger partial charge in [-0.3, -0.25) is 62.9 Å². The topological polar surface area (TPSA) is 455 Å². The normalized spacial score (nSPS) is 11.9. The zero-order valence-corrected chi connectivity index (χ0v) is 66.1. The number of carbonyl (C=O) groups excluding carboxylic acids is 4. The van der Waals surface area contributed by atoms with Crippen LogP contribution in [0, 0.1) is 0 Å². The van der Waals surface area contributed by atoms with Gasteiger partial charge >= 0.3 is 0 Å². The van der Waals surface area contributed by atoms with Crippen molar-refractivity contribution in [1.29, 1.82) is 0 Å². The molecule has 0 unspecified atom stereocenters. The SMILES string of the molecule is CC[C@H](Nc1nccc2[nH]cnc12)c1nc2cccc(CC(=O)c3ccc(C(=O)NO)cc3)c2c(=O)n1-c1ccccc1.CC[C@H](Nc1nccc2[nH]cnc12)c1nc2cccc(NCCCC(=O)NO)c2c(=O)n1-c1ccccc1.CC[C@H](Nc1nccc2[nH]cnc12)c1nc2cccc(NCCCCCC(=O)NO)c2c(=O)n1-c1ccccc1. The third kappa shape index (κ3) is 18.5. The minimum atomic E-state index is -0.673. The van der Waals surface area contributed by atoms with Crippen LogP contribution in [0.5, 0.6) is 0 Å². The summed E-state index contributed by atoms with van der Waals surface area (Å²) < 4.78 is 4.90. The molecule has 9 aromatic heterocycles. The maximum atomic E-state index is 14.4. The lowest BCUT2D eigenvalue weighted by Crippen LogP contribution is -2.29. The van der Waals surface area contributed by atoms with Crippen LogP contribution in [0.2, 0.25) is 0 Å². The van der Waals surface area contributed by atoms with Crippen molar-refractivity contribution in [2.75, 3.05) is 39.7 Å². The predicted molar refractivity (Wildman–Crippen MR) is 462 cm³/mol. The summed E-state index contributed by atoms with van der Waals surface area (Å²) in [6.07, 6.45) is 15.0. The third-order valence-electron chi connectivity index (χ3n) is 20.5. The van der Waals surface area contributed by atoms with E-state index in [2.05, 4.69) is 71.4 Å². The molecule has 0 aliphatic heterocycles. The quantitative estimate of drug-likeness (QED) is 0.00830. The number of ketones is 1. The number of aromatic amines is 3. The molecule has 0 radical (unpaired) electrons. The fraction of sp³-hybridized carbons (Fsp3) is 0.205. The van der Waals surface area contributed by atoms with Crippen molar-refractivity contribution in [3.8, 4) is 17.1 Å². The van der Waals surface area contributed by atoms with Crippen LogP contribution in [0.4, 0.5) is 28.8 Å². The van der Waals surface area contributed by atoms with E-state index in [9.17, 15) is 33.6 Å². The molecule has 0 aliphatic rings. The van der Waals surface area contributed by atoms with Crippen LogP contribution in [0.15, 0.2) is 240 Å². The van der Waals surface area contributed by atoms with Crippen molar-refractivity contribution in [2.45, 2.75) is 103 Å². The highest BCUT2D eigenvalue weighted by atomic mass is 16.5. The number of para-hydroxylation sites is 3. The number of imidazole rings is 3. The van der Waals surface area contributed by atoms with Crippen LogP contribution in [-0.4, -0.2) is 126 Å². The number of Topliss-reactive ketones (excluding diaryl/α,β-unsaturated/α-hetero) is 1. The highest BCUT2D eigenvalue weighted by Crippen LogP contribution is 2.33. The van der Waals surface area contributed by atoms with Gasteiger partial charge in [0.25, 0.3) is 22.6 Å². The van der Waals surface area contributed by atoms with Crippen molar-refractivity contribution < 1.29 is 34.8 Å². The fourth-order valence-electron chi connectivity index (χ4n) is 14.4. The smallest absolute Gasteiger partial charge is 0.274 e. The van der Waals surface area contributed by atoms with Gasteiger partial charge in [-0.25, -0.2) is 61.3 Å². The van der Waals surface area contributed by atoms with Crippen molar-refractivity contribution in [2.24, 2.45) is 0 Å². The number of nitrogens with one attached hydrogen (secondary N) is 11. The number of nitrogens with zero attached hydrogens (tertiary/aromatic N) is 12. The Bertz CT molecular complexity index is 6560. The molecule has 121 heavy (non-hydrogen) atoms. The number of amides is 3. The van der Waals surface area contributed by atoms with E-state index in [0.717, 1.165) is 40.6 Å². The number of fused-ring (bicyclic) bond motifs is 6. The minimum Gasteiger partial charge on any atom is -0.384 e. The van der Waals surface area contributed by atoms with Crippen LogP contribution in [0.3, 0.4) is 0 Å². The summed E-state index contributed by atoms with van der Waals surface area (Å²) in [5, 5.41) is 44.5. The number of carbonyl (C=O) groups is 4. The van der Waals surface area contributed by atoms with Gasteiger partial charge in [-0.05, 0) is 141 Å². The second kappa shape index (κ2) is 38.7. The number of H-pyrrole nitrogens is 3. The summed E-state index contributed by atoms with van der Waals surface area (Å²) in [4.78, 5) is 141. The molecule has 3 atom stereocenters. The first-order valence-corrected chi connectivity index (χ1v) is 39.6. The number of hydrogen-bond donors (Lipinski definition) is 14. The molecule has 0 saturated heterocycles. The Labute approximate surface area is 690 Å². The lowest BCUT2D eigenvalue weighted by atomic mass is 9.99. The molecule has 33 heteroatoms. The minimum absolute atomic E-state index is 0.0472. The fourth-order valence-corrected chi connectivity index (χ4v) is 14.4. The summed E-state index contributed by atoms with van der Waals surface area (Å²) in [5.74, 6) is 1.68. The van der Waals surface area contributed by atoms with Gasteiger partial charge in [-0.15, -0.1) is 0 Å². The first kappa shape index (κ1) is 82.3. The Morgan fingerprint density at radius 2 is 0.760 bits per heavy atom. The molecule has 7 aromatic carbocycles. The Morgan fingerprint density at radius 1 is 0.388 bits per heavy atom. The maximum absolute atomic E-state index is 14.4. The number of hydroxylamine groups is 3. The van der Waals surface area contributed by atoms with Gasteiger partial charge in [0.05, 0.1) is 103 Å². The van der Waals surface area contributed by atoms with Gasteiger partial charge in [-0.1, -0.05) is 118 Å². The monoisotopic (exact) mass is 1630 g/mol. The Hall–Kier alpha value is -15.2. The highest BCUT2D eigenvalue weighted by Gasteiger charge is 2.28. The van der Waals surface area contributed by atoms with Crippen LogP contribution < -0.4 is 59.7 Å². The van der Waals surface area contributed by atoms with E-state index in [0.29, 0.717) is 158 Å². The molecule has 0 saturated carbocycles. The number of unbranched alkanes of at least 4 members (excludes halogenated alkanes) is 2. The molecule has 33 nitrogen and oxygen atoms in total. The molecule has 0 aliphatic carbocycles. The summed E-state index contributed by atoms with van der Waals surface area (Å²) in [6, 6.07) is 55.1. The van der Waals surface area contributed by atoms with Gasteiger partial charge in [0.15, 0.2) is 23.2 Å². The second-order valence-corrected chi connectivity index (χ2v) is 28.2. The molecule has 3 amide bonds. The van der Waals surface area contributed by atoms with E-state index in [1.807, 2.05) is 166 Å². The van der Waals surface area contributed by atoms with Gasteiger partial charge in [0, 0.05) is 73.4 Å². The zero-order chi connectivity index (χ0) is 84.3. The largest absolute Gasteiger partial charge is 0.384 e. The highest BCUT2D eigenvalue weighted by molar-refractivity contribution is 6.01. The molecule has 614 valence electrons. The number of benzene rings is 7. The van der Waals surface area contributed by atoms with Crippen molar-refractivity contribution in [3.63, 3.8) is 0 Å². The molecule has 0 bridgehead atoms. The summed E-state index contributed by atoms with van der Waals surface area (Å²) in [7, 11) is 0. The number of pyridine rings is 3. The van der Waals surface area contributed by atoms with Gasteiger partial charge < -0.3 is 41.5 Å². The lowest BCUT2D eigenvalue weighted by Gasteiger charge is -2.23. The summed E-state index contributed by atoms with van der Waals surface area (Å²) >= 11 is 0. The average molecular weight is 1630 g/mol. The van der Waals surface area contributed by atoms with E-state index < -0.39 is 17.9 Å². The van der Waals surface area contributed by atoms with E-state index in [1.54, 1.807) is 85.9 Å². The van der Waals surface area contributed by atoms with E-state index in [-0.39, 0.29) is 65.3 Å². The number of rotatable bonds is 31. The van der Waals surface area contributed by atoms with Crippen LogP contribution in [0.1, 0.15) is 140 Å². The first-order valence-electron chi connectivity index (χ1n) is 39.6. The van der Waals surface area contributed by atoms with E-state index >= 15 is 0 Å². The lowest BCUT2D eigenvalue weighted by molar-refractivity contribution is -0.129. The van der Waals surface area contributed by atoms with Gasteiger partial charge in [-0.2, -0.15) is 0 Å². The van der Waals surface area contributed by atoms with Crippen LogP contribution in [0.25, 0.3) is 82.9 Å². The molecule has 16 rings (SSSR count). The standard InChI is InChI=1S/C32H27N7O4.C29H32N8O3.C27H28N8O3/c1-2-23(36-29-28-25(15-16-33-29)34-18-35-28)30-37-24-10-6-7-21(27(24)32(42)39(30)22-8-4-3-5-9-22)17-26(40)19-11-13-20(14-12-19)31(41)38-43;1-2-20(34-27-26-23(15-17-31-27)32-18-33-26)28-35-22-13-9-12-21(30-16-8-4-7-14-24(38)36-40)25(22)29(39)37(28)19-10-5-3-6-11-19;1-2-18(32-25-24-21(13-15-29-25)30-16-31-24)26-33-20-11-6-10-19(28-14-7-12-22(36)34-38)23(20)27(37)35(26)17-8-4-3-5-9-17/h3-16,18,23,43H,2,17H2,1H3,(H,33,36)(H,34,35)(H,38,41);3,5-6,9-13,15,17-18,20,30,40H,2,4,7-8,14,16H2,1H3,(H,31,34)(H,32,33)(H,36,38);3-6,8-11,13,15-16,18,28,38H,2,7,12,14H2,1H3,(H,29,32)(H,30,31)(H,34,36)/t23-;20-;18-/m000/s1. The van der Waals surface area contributed by atoms with Gasteiger partial charge in [0.1, 0.15) is 34.0 Å². The molecule has 0 spiro atoms. The molecule has 0 fully saturated rings.